The minimum atomic E-state index is -0.176. The van der Waals surface area contributed by atoms with Gasteiger partial charge in [-0.15, -0.1) is 0 Å². The largest absolute Gasteiger partial charge is 0.488 e. The first-order valence-electron chi connectivity index (χ1n) is 11.7. The van der Waals surface area contributed by atoms with Crippen LogP contribution in [0.2, 0.25) is 0 Å². The molecule has 2 aromatic heterocycles. The Labute approximate surface area is 197 Å². The predicted molar refractivity (Wildman–Crippen MR) is 128 cm³/mol. The fourth-order valence-corrected chi connectivity index (χ4v) is 4.53. The Morgan fingerprint density at radius 2 is 1.82 bits per heavy atom. The lowest BCUT2D eigenvalue weighted by atomic mass is 9.93. The van der Waals surface area contributed by atoms with Gasteiger partial charge in [-0.1, -0.05) is 0 Å². The minimum Gasteiger partial charge on any atom is -0.488 e. The third-order valence-electron chi connectivity index (χ3n) is 6.47. The lowest BCUT2D eigenvalue weighted by Crippen LogP contribution is -2.39. The summed E-state index contributed by atoms with van der Waals surface area (Å²) in [5.74, 6) is 1.02. The summed E-state index contributed by atoms with van der Waals surface area (Å²) in [5.41, 5.74) is 8.52. The molecule has 34 heavy (non-hydrogen) atoms. The molecule has 1 amide bonds. The van der Waals surface area contributed by atoms with E-state index in [9.17, 15) is 4.79 Å². The van der Waals surface area contributed by atoms with Crippen molar-refractivity contribution in [2.24, 2.45) is 0 Å². The molecule has 178 valence electrons. The average Bonchev–Trinajstić information content (AvgIpc) is 3.25. The number of hydrogen-bond donors (Lipinski definition) is 3. The molecule has 4 N–H and O–H groups in total. The number of nitrogens with two attached hydrogens (primary N) is 1. The van der Waals surface area contributed by atoms with Crippen LogP contribution in [0.25, 0.3) is 11.0 Å². The monoisotopic (exact) mass is 463 g/mol. The van der Waals surface area contributed by atoms with Gasteiger partial charge in [0.2, 0.25) is 5.95 Å². The number of nitrogens with zero attached hydrogens (tertiary/aromatic N) is 4. The Kier molecular flexibility index (Phi) is 6.39. The number of rotatable bonds is 6. The third-order valence-corrected chi connectivity index (χ3v) is 6.47. The van der Waals surface area contributed by atoms with E-state index >= 15 is 0 Å². The highest BCUT2D eigenvalue weighted by atomic mass is 16.5. The first-order chi connectivity index (χ1) is 16.5. The minimum absolute atomic E-state index is 0.0239. The molecule has 5 rings (SSSR count). The van der Waals surface area contributed by atoms with E-state index in [2.05, 4.69) is 30.6 Å². The second kappa shape index (κ2) is 9.76. The predicted octanol–water partition coefficient (Wildman–Crippen LogP) is 2.71. The van der Waals surface area contributed by atoms with E-state index in [1.54, 1.807) is 30.9 Å². The molecular weight excluding hydrogens is 434 g/mol. The number of anilines is 2. The van der Waals surface area contributed by atoms with Crippen LogP contribution in [0.3, 0.4) is 0 Å². The standard InChI is InChI=1S/C24H29N7O3/c1-14-19(6-9-33-14)31-23(32)15-12-28-24(29-13-15)30-17-2-4-18(5-3-17)34-21-11-16(25)10-20-22(21)27-8-7-26-20/h7-8,10-14,17-19H,2-6,9,25H2,1H3,(H,31,32)(H,28,29,30). The van der Waals surface area contributed by atoms with Crippen LogP contribution in [0.4, 0.5) is 11.6 Å². The number of aromatic nitrogens is 4. The molecule has 3 heterocycles. The first kappa shape index (κ1) is 22.3. The van der Waals surface area contributed by atoms with Crippen molar-refractivity contribution in [1.29, 1.82) is 0 Å². The normalized spacial score (nSPS) is 24.6. The summed E-state index contributed by atoms with van der Waals surface area (Å²) in [6, 6.07) is 3.88. The Bertz CT molecular complexity index is 1150. The van der Waals surface area contributed by atoms with Gasteiger partial charge in [-0.3, -0.25) is 9.78 Å². The fraction of sp³-hybridized carbons (Fsp3) is 0.458. The molecule has 0 spiro atoms. The number of amides is 1. The number of benzene rings is 1. The maximum absolute atomic E-state index is 12.4. The number of ether oxygens (including phenoxy) is 2. The molecule has 1 aromatic carbocycles. The number of carbonyl (C=O) groups is 1. The summed E-state index contributed by atoms with van der Waals surface area (Å²) in [6.07, 6.45) is 11.0. The van der Waals surface area contributed by atoms with Gasteiger partial charge in [0.1, 0.15) is 11.3 Å². The number of nitrogens with one attached hydrogen (secondary N) is 2. The van der Waals surface area contributed by atoms with Gasteiger partial charge < -0.3 is 25.8 Å². The van der Waals surface area contributed by atoms with Gasteiger partial charge in [0, 0.05) is 49.2 Å². The second-order valence-electron chi connectivity index (χ2n) is 8.92. The van der Waals surface area contributed by atoms with Crippen LogP contribution >= 0.6 is 0 Å². The molecule has 2 unspecified atom stereocenters. The van der Waals surface area contributed by atoms with Gasteiger partial charge in [-0.2, -0.15) is 0 Å². The molecule has 2 aliphatic rings. The highest BCUT2D eigenvalue weighted by molar-refractivity contribution is 5.93. The van der Waals surface area contributed by atoms with Crippen molar-refractivity contribution in [3.63, 3.8) is 0 Å². The summed E-state index contributed by atoms with van der Waals surface area (Å²) >= 11 is 0. The van der Waals surface area contributed by atoms with E-state index in [0.29, 0.717) is 29.6 Å². The molecule has 1 saturated heterocycles. The lowest BCUT2D eigenvalue weighted by molar-refractivity contribution is 0.0865. The van der Waals surface area contributed by atoms with Crippen molar-refractivity contribution in [1.82, 2.24) is 25.3 Å². The van der Waals surface area contributed by atoms with Crippen LogP contribution < -0.4 is 21.1 Å². The lowest BCUT2D eigenvalue weighted by Gasteiger charge is -2.29. The van der Waals surface area contributed by atoms with Crippen molar-refractivity contribution in [2.75, 3.05) is 17.7 Å². The van der Waals surface area contributed by atoms with E-state index in [4.69, 9.17) is 15.2 Å². The molecule has 0 radical (unpaired) electrons. The van der Waals surface area contributed by atoms with E-state index in [1.165, 1.54) is 0 Å². The number of fused-ring (bicyclic) bond motifs is 1. The third kappa shape index (κ3) is 5.01. The average molecular weight is 464 g/mol. The first-order valence-corrected chi connectivity index (χ1v) is 11.7. The van der Waals surface area contributed by atoms with Crippen LogP contribution in [0.15, 0.2) is 36.9 Å². The topological polar surface area (TPSA) is 137 Å². The van der Waals surface area contributed by atoms with Crippen LogP contribution in [0, 0.1) is 0 Å². The van der Waals surface area contributed by atoms with Crippen LogP contribution in [0.5, 0.6) is 5.75 Å². The zero-order chi connectivity index (χ0) is 23.5. The molecule has 0 bridgehead atoms. The molecule has 2 fully saturated rings. The van der Waals surface area contributed by atoms with E-state index < -0.39 is 0 Å². The van der Waals surface area contributed by atoms with Crippen molar-refractivity contribution in [3.8, 4) is 5.75 Å². The summed E-state index contributed by atoms with van der Waals surface area (Å²) in [5, 5.41) is 6.37. The van der Waals surface area contributed by atoms with Gasteiger partial charge in [0.25, 0.3) is 5.91 Å². The van der Waals surface area contributed by atoms with Crippen molar-refractivity contribution >= 4 is 28.6 Å². The van der Waals surface area contributed by atoms with Crippen LogP contribution in [0.1, 0.15) is 49.4 Å². The zero-order valence-electron chi connectivity index (χ0n) is 19.1. The molecule has 2 atom stereocenters. The van der Waals surface area contributed by atoms with Crippen molar-refractivity contribution in [3.05, 3.63) is 42.5 Å². The Balaban J connectivity index is 1.13. The van der Waals surface area contributed by atoms with Crippen molar-refractivity contribution in [2.45, 2.75) is 63.3 Å². The fourth-order valence-electron chi connectivity index (χ4n) is 4.53. The molecule has 10 nitrogen and oxygen atoms in total. The Morgan fingerprint density at radius 3 is 2.56 bits per heavy atom. The summed E-state index contributed by atoms with van der Waals surface area (Å²) in [7, 11) is 0. The molecular formula is C24H29N7O3. The molecule has 10 heteroatoms. The summed E-state index contributed by atoms with van der Waals surface area (Å²) in [6.45, 7) is 2.63. The SMILES string of the molecule is CC1OCCC1NC(=O)c1cnc(NC2CCC(Oc3cc(N)cc4nccnc34)CC2)nc1. The van der Waals surface area contributed by atoms with E-state index in [0.717, 1.165) is 43.1 Å². The molecule has 3 aromatic rings. The van der Waals surface area contributed by atoms with Gasteiger partial charge in [-0.25, -0.2) is 15.0 Å². The van der Waals surface area contributed by atoms with Crippen LogP contribution in [-0.4, -0.2) is 56.7 Å². The highest BCUT2D eigenvalue weighted by Crippen LogP contribution is 2.30. The second-order valence-corrected chi connectivity index (χ2v) is 8.92. The maximum atomic E-state index is 12.4. The summed E-state index contributed by atoms with van der Waals surface area (Å²) < 4.78 is 11.8. The molecule has 1 aliphatic heterocycles. The van der Waals surface area contributed by atoms with Gasteiger partial charge >= 0.3 is 0 Å². The number of hydrogen-bond acceptors (Lipinski definition) is 9. The maximum Gasteiger partial charge on any atom is 0.254 e. The van der Waals surface area contributed by atoms with Crippen LogP contribution in [-0.2, 0) is 4.74 Å². The number of nitrogen functional groups attached to an aromatic ring is 1. The molecule has 1 saturated carbocycles. The zero-order valence-corrected chi connectivity index (χ0v) is 19.1. The molecule has 1 aliphatic carbocycles. The quantitative estimate of drug-likeness (QED) is 0.471. The van der Waals surface area contributed by atoms with Gasteiger partial charge in [0.15, 0.2) is 0 Å². The smallest absolute Gasteiger partial charge is 0.254 e. The Hall–Kier alpha value is -3.53. The van der Waals surface area contributed by atoms with E-state index in [1.807, 2.05) is 13.0 Å². The number of carbonyl (C=O) groups excluding carboxylic acids is 1. The van der Waals surface area contributed by atoms with Gasteiger partial charge in [-0.05, 0) is 45.1 Å². The van der Waals surface area contributed by atoms with E-state index in [-0.39, 0.29) is 30.2 Å². The highest BCUT2D eigenvalue weighted by Gasteiger charge is 2.27. The van der Waals surface area contributed by atoms with Gasteiger partial charge in [0.05, 0.1) is 29.3 Å². The summed E-state index contributed by atoms with van der Waals surface area (Å²) in [4.78, 5) is 29.9. The Morgan fingerprint density at radius 1 is 1.06 bits per heavy atom. The van der Waals surface area contributed by atoms with Crippen molar-refractivity contribution < 1.29 is 14.3 Å².